The fourth-order valence-electron chi connectivity index (χ4n) is 2.82. The first-order chi connectivity index (χ1) is 11.2. The van der Waals surface area contributed by atoms with E-state index >= 15 is 0 Å². The van der Waals surface area contributed by atoms with Crippen LogP contribution in [0.4, 0.5) is 0 Å². The quantitative estimate of drug-likeness (QED) is 0.876. The second-order valence-electron chi connectivity index (χ2n) is 5.68. The summed E-state index contributed by atoms with van der Waals surface area (Å²) < 4.78 is 1.58. The number of likely N-dealkylation sites (tertiary alicyclic amines) is 1. The van der Waals surface area contributed by atoms with Crippen LogP contribution in [0.2, 0.25) is 0 Å². The predicted molar refractivity (Wildman–Crippen MR) is 85.4 cm³/mol. The summed E-state index contributed by atoms with van der Waals surface area (Å²) in [6.45, 7) is 1.44. The molecule has 3 rings (SSSR count). The Morgan fingerprint density at radius 3 is 2.74 bits per heavy atom. The third-order valence-electron chi connectivity index (χ3n) is 3.98. The van der Waals surface area contributed by atoms with Gasteiger partial charge >= 0.3 is 0 Å². The predicted octanol–water partition coefficient (Wildman–Crippen LogP) is 1.36. The molecule has 0 radical (unpaired) electrons. The molecule has 6 heteroatoms. The van der Waals surface area contributed by atoms with Gasteiger partial charge in [-0.1, -0.05) is 30.3 Å². The molecule has 0 saturated carbocycles. The largest absolute Gasteiger partial charge is 0.346 e. The van der Waals surface area contributed by atoms with Gasteiger partial charge in [-0.15, -0.1) is 0 Å². The Hall–Kier alpha value is -2.63. The van der Waals surface area contributed by atoms with Crippen LogP contribution in [0.15, 0.2) is 48.8 Å². The van der Waals surface area contributed by atoms with Gasteiger partial charge in [0.2, 0.25) is 11.8 Å². The summed E-state index contributed by atoms with van der Waals surface area (Å²) in [5.41, 5.74) is 1.00. The smallest absolute Gasteiger partial charge is 0.242 e. The number of carbonyl (C=O) groups excluding carboxylic acids is 2. The number of hydrogen-bond acceptors (Lipinski definition) is 3. The van der Waals surface area contributed by atoms with E-state index in [2.05, 4.69) is 10.4 Å². The normalized spacial score (nSPS) is 15.7. The van der Waals surface area contributed by atoms with Crippen LogP contribution in [0.5, 0.6) is 0 Å². The Labute approximate surface area is 135 Å². The van der Waals surface area contributed by atoms with Gasteiger partial charge in [-0.2, -0.15) is 5.10 Å². The Kier molecular flexibility index (Phi) is 4.71. The van der Waals surface area contributed by atoms with Crippen molar-refractivity contribution in [2.45, 2.75) is 25.4 Å². The van der Waals surface area contributed by atoms with Crippen molar-refractivity contribution in [3.05, 3.63) is 54.4 Å². The van der Waals surface area contributed by atoms with Gasteiger partial charge in [-0.25, -0.2) is 0 Å². The van der Waals surface area contributed by atoms with Gasteiger partial charge in [0.05, 0.1) is 6.04 Å². The molecule has 0 spiro atoms. The third-order valence-corrected chi connectivity index (χ3v) is 3.98. The SMILES string of the molecule is O=C(Cn1cccn1)N[C@H](CN1CCCC1=O)c1ccccc1. The lowest BCUT2D eigenvalue weighted by Gasteiger charge is -2.25. The number of amides is 2. The van der Waals surface area contributed by atoms with Crippen molar-refractivity contribution in [1.82, 2.24) is 20.0 Å². The van der Waals surface area contributed by atoms with E-state index in [4.69, 9.17) is 0 Å². The molecule has 6 nitrogen and oxygen atoms in total. The summed E-state index contributed by atoms with van der Waals surface area (Å²) in [4.78, 5) is 26.0. The summed E-state index contributed by atoms with van der Waals surface area (Å²) in [5, 5.41) is 7.07. The molecule has 0 bridgehead atoms. The standard InChI is InChI=1S/C17H20N4O2/c22-16(13-21-11-5-9-18-21)19-15(14-6-2-1-3-7-14)12-20-10-4-8-17(20)23/h1-3,5-7,9,11,15H,4,8,10,12-13H2,(H,19,22)/t15-/m1/s1. The maximum atomic E-state index is 12.3. The van der Waals surface area contributed by atoms with Crippen molar-refractivity contribution >= 4 is 11.8 Å². The number of benzene rings is 1. The fourth-order valence-corrected chi connectivity index (χ4v) is 2.82. The first kappa shape index (κ1) is 15.3. The van der Waals surface area contributed by atoms with E-state index in [1.807, 2.05) is 35.2 Å². The molecule has 1 aliphatic rings. The Morgan fingerprint density at radius 1 is 1.26 bits per heavy atom. The molecule has 1 aromatic heterocycles. The van der Waals surface area contributed by atoms with Crippen molar-refractivity contribution in [2.24, 2.45) is 0 Å². The maximum absolute atomic E-state index is 12.3. The van der Waals surface area contributed by atoms with Gasteiger partial charge in [-0.05, 0) is 18.1 Å². The molecule has 23 heavy (non-hydrogen) atoms. The minimum Gasteiger partial charge on any atom is -0.346 e. The third kappa shape index (κ3) is 3.97. The van der Waals surface area contributed by atoms with Gasteiger partial charge in [0.1, 0.15) is 6.54 Å². The second-order valence-corrected chi connectivity index (χ2v) is 5.68. The summed E-state index contributed by atoms with van der Waals surface area (Å²) in [6, 6.07) is 11.3. The van der Waals surface area contributed by atoms with Gasteiger partial charge in [0, 0.05) is 31.9 Å². The molecule has 2 heterocycles. The molecule has 1 aliphatic heterocycles. The van der Waals surface area contributed by atoms with Crippen molar-refractivity contribution in [2.75, 3.05) is 13.1 Å². The first-order valence-electron chi connectivity index (χ1n) is 7.82. The molecule has 1 N–H and O–H groups in total. The Morgan fingerprint density at radius 2 is 2.09 bits per heavy atom. The van der Waals surface area contributed by atoms with Gasteiger partial charge in [-0.3, -0.25) is 14.3 Å². The van der Waals surface area contributed by atoms with Crippen LogP contribution < -0.4 is 5.32 Å². The minimum absolute atomic E-state index is 0.116. The van der Waals surface area contributed by atoms with Gasteiger partial charge in [0.15, 0.2) is 0 Å². The Balaban J connectivity index is 1.69. The topological polar surface area (TPSA) is 67.2 Å². The highest BCUT2D eigenvalue weighted by atomic mass is 16.2. The second kappa shape index (κ2) is 7.09. The highest BCUT2D eigenvalue weighted by Gasteiger charge is 2.25. The fraction of sp³-hybridized carbons (Fsp3) is 0.353. The number of nitrogens with one attached hydrogen (secondary N) is 1. The van der Waals surface area contributed by atoms with Crippen LogP contribution in [0.25, 0.3) is 0 Å². The summed E-state index contributed by atoms with van der Waals surface area (Å²) in [6.07, 6.45) is 4.89. The lowest BCUT2D eigenvalue weighted by atomic mass is 10.1. The van der Waals surface area contributed by atoms with E-state index in [1.54, 1.807) is 23.1 Å². The molecule has 0 aliphatic carbocycles. The summed E-state index contributed by atoms with van der Waals surface area (Å²) >= 11 is 0. The molecule has 120 valence electrons. The molecule has 1 saturated heterocycles. The van der Waals surface area contributed by atoms with E-state index in [0.717, 1.165) is 18.5 Å². The van der Waals surface area contributed by atoms with Crippen molar-refractivity contribution < 1.29 is 9.59 Å². The molecule has 2 aromatic rings. The zero-order valence-electron chi connectivity index (χ0n) is 12.9. The molecule has 1 atom stereocenters. The maximum Gasteiger partial charge on any atom is 0.242 e. The Bertz CT molecular complexity index is 654. The lowest BCUT2D eigenvalue weighted by molar-refractivity contribution is -0.129. The molecule has 0 unspecified atom stereocenters. The van der Waals surface area contributed by atoms with Crippen LogP contribution in [0, 0.1) is 0 Å². The van der Waals surface area contributed by atoms with Crippen LogP contribution in [0.1, 0.15) is 24.4 Å². The highest BCUT2D eigenvalue weighted by Crippen LogP contribution is 2.18. The van der Waals surface area contributed by atoms with E-state index in [0.29, 0.717) is 13.0 Å². The first-order valence-corrected chi connectivity index (χ1v) is 7.82. The van der Waals surface area contributed by atoms with Crippen LogP contribution in [-0.2, 0) is 16.1 Å². The number of carbonyl (C=O) groups is 2. The molecule has 2 amide bonds. The lowest BCUT2D eigenvalue weighted by Crippen LogP contribution is -2.39. The van der Waals surface area contributed by atoms with Crippen LogP contribution in [-0.4, -0.2) is 39.6 Å². The average Bonchev–Trinajstić information content (AvgIpc) is 3.20. The van der Waals surface area contributed by atoms with E-state index in [-0.39, 0.29) is 24.4 Å². The van der Waals surface area contributed by atoms with Crippen molar-refractivity contribution in [1.29, 1.82) is 0 Å². The number of aromatic nitrogens is 2. The van der Waals surface area contributed by atoms with E-state index < -0.39 is 0 Å². The van der Waals surface area contributed by atoms with Gasteiger partial charge < -0.3 is 10.2 Å². The molecular weight excluding hydrogens is 292 g/mol. The van der Waals surface area contributed by atoms with Crippen LogP contribution >= 0.6 is 0 Å². The zero-order valence-corrected chi connectivity index (χ0v) is 12.9. The minimum atomic E-state index is -0.207. The van der Waals surface area contributed by atoms with E-state index in [9.17, 15) is 9.59 Å². The zero-order chi connectivity index (χ0) is 16.1. The van der Waals surface area contributed by atoms with Crippen molar-refractivity contribution in [3.63, 3.8) is 0 Å². The van der Waals surface area contributed by atoms with Crippen molar-refractivity contribution in [3.8, 4) is 0 Å². The summed E-state index contributed by atoms with van der Waals surface area (Å²) in [7, 11) is 0. The summed E-state index contributed by atoms with van der Waals surface area (Å²) in [5.74, 6) is 0.0430. The number of rotatable bonds is 6. The van der Waals surface area contributed by atoms with Crippen LogP contribution in [0.3, 0.4) is 0 Å². The average molecular weight is 312 g/mol. The van der Waals surface area contributed by atoms with Gasteiger partial charge in [0.25, 0.3) is 0 Å². The monoisotopic (exact) mass is 312 g/mol. The number of nitrogens with zero attached hydrogens (tertiary/aromatic N) is 3. The van der Waals surface area contributed by atoms with E-state index in [1.165, 1.54) is 0 Å². The number of hydrogen-bond donors (Lipinski definition) is 1. The molecule has 1 fully saturated rings. The highest BCUT2D eigenvalue weighted by molar-refractivity contribution is 5.79. The molecule has 1 aromatic carbocycles. The molecular formula is C17H20N4O2.